The molecule has 0 aliphatic rings. The first-order valence-corrected chi connectivity index (χ1v) is 10.4. The van der Waals surface area contributed by atoms with Gasteiger partial charge in [-0.05, 0) is 6.42 Å². The molecule has 0 fully saturated rings. The highest BCUT2D eigenvalue weighted by atomic mass is 32.2. The summed E-state index contributed by atoms with van der Waals surface area (Å²) in [6, 6.07) is 6.26. The highest BCUT2D eigenvalue weighted by Crippen LogP contribution is 2.26. The second kappa shape index (κ2) is 11.8. The van der Waals surface area contributed by atoms with Crippen molar-refractivity contribution in [1.82, 2.24) is 0 Å². The Bertz CT molecular complexity index is 863. The molecule has 10 heteroatoms. The van der Waals surface area contributed by atoms with Crippen molar-refractivity contribution in [3.8, 4) is 0 Å². The van der Waals surface area contributed by atoms with Crippen molar-refractivity contribution >= 4 is 10.1 Å². The van der Waals surface area contributed by atoms with Gasteiger partial charge in [-0.1, -0.05) is 38.7 Å². The third-order valence-corrected chi connectivity index (χ3v) is 4.83. The Morgan fingerprint density at radius 1 is 0.759 bits per heavy atom. The van der Waals surface area contributed by atoms with E-state index in [-0.39, 0.29) is 0 Å². The van der Waals surface area contributed by atoms with Crippen molar-refractivity contribution in [2.45, 2.75) is 56.9 Å². The summed E-state index contributed by atoms with van der Waals surface area (Å²) in [5.41, 5.74) is 0. The molecule has 0 N–H and O–H groups in total. The number of hydrogen-bond donors (Lipinski definition) is 0. The van der Waals surface area contributed by atoms with Gasteiger partial charge in [0.1, 0.15) is 21.6 Å². The van der Waals surface area contributed by atoms with Crippen LogP contribution < -0.4 is 4.57 Å². The molecule has 0 radical (unpaired) electrons. The quantitative estimate of drug-likeness (QED) is 0.151. The molecule has 1 aromatic carbocycles. The van der Waals surface area contributed by atoms with Gasteiger partial charge in [-0.2, -0.15) is 0 Å². The molecule has 2 aromatic rings. The fourth-order valence-electron chi connectivity index (χ4n) is 2.46. The molecule has 0 atom stereocenters. The van der Waals surface area contributed by atoms with E-state index < -0.39 is 44.1 Å². The molecule has 0 spiro atoms. The zero-order valence-electron chi connectivity index (χ0n) is 15.8. The highest BCUT2D eigenvalue weighted by Gasteiger charge is 2.28. The predicted molar refractivity (Wildman–Crippen MR) is 94.2 cm³/mol. The molecule has 0 saturated carbocycles. The van der Waals surface area contributed by atoms with Crippen LogP contribution in [0.4, 0.5) is 22.0 Å². The van der Waals surface area contributed by atoms with Crippen LogP contribution in [0.1, 0.15) is 45.4 Å². The standard InChI is InChI=1S/C13H22N.C6HF5O3S/c1-2-3-4-5-6-8-11-14-12-9-7-10-13-14;7-1-2(8)4(10)6(15(12,13)14)5(11)3(1)9/h7,9-10,12-13H,2-6,8,11H2,1H3;(H,12,13,14)/q+1;/p-1. The van der Waals surface area contributed by atoms with Gasteiger partial charge < -0.3 is 4.55 Å². The van der Waals surface area contributed by atoms with Crippen LogP contribution in [0.2, 0.25) is 0 Å². The first-order valence-electron chi connectivity index (χ1n) is 9.02. The van der Waals surface area contributed by atoms with Crippen LogP contribution in [0.25, 0.3) is 0 Å². The van der Waals surface area contributed by atoms with E-state index in [4.69, 9.17) is 0 Å². The summed E-state index contributed by atoms with van der Waals surface area (Å²) in [6.07, 6.45) is 12.5. The molecular weight excluding hydrogens is 417 g/mol. The number of unbranched alkanes of at least 4 members (excludes halogenated alkanes) is 5. The number of hydrogen-bond acceptors (Lipinski definition) is 3. The van der Waals surface area contributed by atoms with Gasteiger partial charge in [0.25, 0.3) is 0 Å². The van der Waals surface area contributed by atoms with Crippen LogP contribution in [0.3, 0.4) is 0 Å². The molecule has 0 unspecified atom stereocenters. The lowest BCUT2D eigenvalue weighted by Gasteiger charge is -2.10. The second-order valence-electron chi connectivity index (χ2n) is 6.23. The fraction of sp³-hybridized carbons (Fsp3) is 0.421. The van der Waals surface area contributed by atoms with Gasteiger partial charge in [0, 0.05) is 18.6 Å². The number of nitrogens with zero attached hydrogens (tertiary/aromatic N) is 1. The molecule has 0 aliphatic carbocycles. The molecule has 1 aromatic heterocycles. The van der Waals surface area contributed by atoms with Gasteiger partial charge in [0.15, 0.2) is 35.7 Å². The fourth-order valence-corrected chi connectivity index (χ4v) is 3.08. The van der Waals surface area contributed by atoms with Gasteiger partial charge in [-0.25, -0.2) is 34.9 Å². The van der Waals surface area contributed by atoms with Crippen LogP contribution in [-0.4, -0.2) is 13.0 Å². The minimum atomic E-state index is -5.77. The van der Waals surface area contributed by atoms with Gasteiger partial charge in [-0.15, -0.1) is 0 Å². The van der Waals surface area contributed by atoms with Gasteiger partial charge >= 0.3 is 0 Å². The zero-order valence-corrected chi connectivity index (χ0v) is 16.6. The summed E-state index contributed by atoms with van der Waals surface area (Å²) < 4.78 is 95.2. The van der Waals surface area contributed by atoms with Gasteiger partial charge in [-0.3, -0.25) is 0 Å². The van der Waals surface area contributed by atoms with Crippen molar-refractivity contribution in [3.63, 3.8) is 0 Å². The topological polar surface area (TPSA) is 61.1 Å². The smallest absolute Gasteiger partial charge is 0.200 e. The minimum absolute atomic E-state index is 1.17. The Labute approximate surface area is 166 Å². The maximum atomic E-state index is 12.6. The van der Waals surface area contributed by atoms with E-state index in [1.54, 1.807) is 0 Å². The lowest BCUT2D eigenvalue weighted by molar-refractivity contribution is -0.697. The zero-order chi connectivity index (χ0) is 22.0. The maximum absolute atomic E-state index is 12.6. The van der Waals surface area contributed by atoms with Crippen LogP contribution in [-0.2, 0) is 16.7 Å². The monoisotopic (exact) mass is 439 g/mol. The summed E-state index contributed by atoms with van der Waals surface area (Å²) in [7, 11) is -5.77. The average Bonchev–Trinajstić information content (AvgIpc) is 2.68. The number of halogens is 5. The van der Waals surface area contributed by atoms with E-state index in [1.807, 2.05) is 0 Å². The first-order chi connectivity index (χ1) is 13.6. The first kappa shape index (κ1) is 25.0. The summed E-state index contributed by atoms with van der Waals surface area (Å²) >= 11 is 0. The number of rotatable bonds is 8. The summed E-state index contributed by atoms with van der Waals surface area (Å²) in [5.74, 6) is -12.8. The molecule has 0 bridgehead atoms. The third-order valence-electron chi connectivity index (χ3n) is 3.97. The van der Waals surface area contributed by atoms with Crippen LogP contribution in [0.15, 0.2) is 35.5 Å². The highest BCUT2D eigenvalue weighted by molar-refractivity contribution is 7.85. The normalized spacial score (nSPS) is 11.1. The van der Waals surface area contributed by atoms with Crippen LogP contribution in [0, 0.1) is 29.1 Å². The lowest BCUT2D eigenvalue weighted by Crippen LogP contribution is -2.32. The molecule has 4 nitrogen and oxygen atoms in total. The average molecular weight is 439 g/mol. The summed E-state index contributed by atoms with van der Waals surface area (Å²) in [6.45, 7) is 3.44. The van der Waals surface area contributed by atoms with Crippen molar-refractivity contribution in [1.29, 1.82) is 0 Å². The van der Waals surface area contributed by atoms with Crippen LogP contribution in [0.5, 0.6) is 0 Å². The maximum Gasteiger partial charge on any atom is 0.200 e. The van der Waals surface area contributed by atoms with E-state index in [9.17, 15) is 34.9 Å². The number of benzene rings is 1. The molecule has 0 aliphatic heterocycles. The molecular formula is C19H22F5NO3S. The van der Waals surface area contributed by atoms with E-state index in [2.05, 4.69) is 42.1 Å². The third kappa shape index (κ3) is 7.69. The van der Waals surface area contributed by atoms with Gasteiger partial charge in [0.2, 0.25) is 5.82 Å². The lowest BCUT2D eigenvalue weighted by atomic mass is 10.1. The second-order valence-corrected chi connectivity index (χ2v) is 7.55. The molecule has 0 amide bonds. The SMILES string of the molecule is CCCCCCCC[n+]1ccccc1.O=S(=O)([O-])c1c(F)c(F)c(F)c(F)c1F. The number of aromatic nitrogens is 1. The van der Waals surface area contributed by atoms with Crippen LogP contribution >= 0.6 is 0 Å². The number of pyridine rings is 1. The van der Waals surface area contributed by atoms with Crippen molar-refractivity contribution < 1.29 is 39.5 Å². The van der Waals surface area contributed by atoms with E-state index in [0.717, 1.165) is 0 Å². The molecule has 29 heavy (non-hydrogen) atoms. The van der Waals surface area contributed by atoms with E-state index >= 15 is 0 Å². The van der Waals surface area contributed by atoms with E-state index in [1.165, 1.54) is 45.1 Å². The molecule has 0 saturated heterocycles. The molecule has 2 rings (SSSR count). The molecule has 1 heterocycles. The largest absolute Gasteiger partial charge is 0.744 e. The Kier molecular flexibility index (Phi) is 10.2. The Morgan fingerprint density at radius 3 is 1.69 bits per heavy atom. The predicted octanol–water partition coefficient (Wildman–Crippen LogP) is 4.62. The summed E-state index contributed by atoms with van der Waals surface area (Å²) in [4.78, 5) is -2.38. The Hall–Kier alpha value is -2.07. The number of aryl methyl sites for hydroxylation is 1. The van der Waals surface area contributed by atoms with Gasteiger partial charge in [0.05, 0.1) is 0 Å². The minimum Gasteiger partial charge on any atom is -0.744 e. The summed E-state index contributed by atoms with van der Waals surface area (Å²) in [5, 5.41) is 0. The molecule has 162 valence electrons. The Morgan fingerprint density at radius 2 is 1.21 bits per heavy atom. The van der Waals surface area contributed by atoms with E-state index in [0.29, 0.717) is 0 Å². The van der Waals surface area contributed by atoms with Crippen molar-refractivity contribution in [2.24, 2.45) is 0 Å². The Balaban J connectivity index is 0.000000291. The van der Waals surface area contributed by atoms with Crippen molar-refractivity contribution in [3.05, 3.63) is 59.7 Å². The van der Waals surface area contributed by atoms with Crippen molar-refractivity contribution in [2.75, 3.05) is 0 Å².